The van der Waals surface area contributed by atoms with Gasteiger partial charge in [-0.05, 0) is 65.0 Å². The maximum atomic E-state index is 14.2. The lowest BCUT2D eigenvalue weighted by Crippen LogP contribution is -2.40. The Morgan fingerprint density at radius 3 is 2.20 bits per heavy atom. The van der Waals surface area contributed by atoms with Crippen molar-refractivity contribution in [3.63, 3.8) is 0 Å². The summed E-state index contributed by atoms with van der Waals surface area (Å²) in [6, 6.07) is 5.47. The molecule has 40 heavy (non-hydrogen) atoms. The molecule has 1 aromatic rings. The average Bonchev–Trinajstić information content (AvgIpc) is 3.43. The van der Waals surface area contributed by atoms with Crippen LogP contribution in [0.5, 0.6) is 0 Å². The van der Waals surface area contributed by atoms with Gasteiger partial charge in [0.2, 0.25) is 0 Å². The first kappa shape index (κ1) is 35.3. The highest BCUT2D eigenvalue weighted by Crippen LogP contribution is 2.60. The minimum Gasteiger partial charge on any atom is -0.370 e. The number of aliphatic imine (C=N–C) groups is 2. The molecule has 2 fully saturated rings. The quantitative estimate of drug-likeness (QED) is 0.140. The summed E-state index contributed by atoms with van der Waals surface area (Å²) < 4.78 is 68.1. The van der Waals surface area contributed by atoms with Gasteiger partial charge in [0.05, 0.1) is 16.7 Å². The van der Waals surface area contributed by atoms with E-state index in [1.54, 1.807) is 26.1 Å². The van der Waals surface area contributed by atoms with Crippen LogP contribution in [0.1, 0.15) is 64.7 Å². The number of hydrogen-bond donors (Lipinski definition) is 0. The van der Waals surface area contributed by atoms with Gasteiger partial charge < -0.3 is 4.90 Å². The van der Waals surface area contributed by atoms with Crippen molar-refractivity contribution in [2.75, 3.05) is 20.1 Å². The third kappa shape index (κ3) is 7.70. The van der Waals surface area contributed by atoms with Crippen LogP contribution in [0, 0.1) is 29.6 Å². The molecule has 1 saturated carbocycles. The number of amidine groups is 1. The maximum absolute atomic E-state index is 14.2. The van der Waals surface area contributed by atoms with Gasteiger partial charge in [0.25, 0.3) is 5.92 Å². The molecule has 0 spiro atoms. The number of nitrogens with zero attached hydrogens (tertiary/aromatic N) is 3. The van der Waals surface area contributed by atoms with Crippen molar-refractivity contribution in [3.8, 4) is 0 Å². The predicted octanol–water partition coefficient (Wildman–Crippen LogP) is 9.19. The van der Waals surface area contributed by atoms with E-state index in [4.69, 9.17) is 0 Å². The van der Waals surface area contributed by atoms with Crippen LogP contribution >= 0.6 is 0 Å². The van der Waals surface area contributed by atoms with Crippen LogP contribution in [0.2, 0.25) is 0 Å². The van der Waals surface area contributed by atoms with Crippen molar-refractivity contribution < 1.29 is 22.0 Å². The van der Waals surface area contributed by atoms with E-state index in [1.807, 2.05) is 26.0 Å². The molecule has 0 amide bonds. The second-order valence-corrected chi connectivity index (χ2v) is 11.4. The topological polar surface area (TPSA) is 28.0 Å². The summed E-state index contributed by atoms with van der Waals surface area (Å²) in [5.74, 6) is -3.60. The lowest BCUT2D eigenvalue weighted by molar-refractivity contribution is -0.169. The van der Waals surface area contributed by atoms with E-state index in [9.17, 15) is 22.0 Å². The van der Waals surface area contributed by atoms with E-state index in [-0.39, 0.29) is 17.8 Å². The Kier molecular flexibility index (Phi) is 11.7. The molecule has 3 nitrogen and oxygen atoms in total. The SMILES string of the molecule is C=C.C=C(c1cc(C)ccc1CC(C)C(F)(F)F)N1CC2CC2(C(=NC)N=C(C)C(C)(C)C(C)(F)F)C1.C=CC. The van der Waals surface area contributed by atoms with Gasteiger partial charge in [-0.2, -0.15) is 13.2 Å². The number of benzene rings is 1. The van der Waals surface area contributed by atoms with Crippen molar-refractivity contribution in [3.05, 3.63) is 67.3 Å². The van der Waals surface area contributed by atoms with Gasteiger partial charge in [-0.15, -0.1) is 19.7 Å². The van der Waals surface area contributed by atoms with Gasteiger partial charge in [0, 0.05) is 44.0 Å². The summed E-state index contributed by atoms with van der Waals surface area (Å²) in [4.78, 5) is 11.1. The molecule has 0 N–H and O–H groups in total. The minimum absolute atomic E-state index is 0.119. The van der Waals surface area contributed by atoms with Gasteiger partial charge in [-0.3, -0.25) is 4.99 Å². The first-order chi connectivity index (χ1) is 18.3. The molecule has 1 heterocycles. The first-order valence-corrected chi connectivity index (χ1v) is 13.4. The number of fused-ring (bicyclic) bond motifs is 1. The molecule has 1 aliphatic heterocycles. The van der Waals surface area contributed by atoms with Crippen LogP contribution in [0.25, 0.3) is 5.70 Å². The molecule has 1 aliphatic carbocycles. The lowest BCUT2D eigenvalue weighted by atomic mass is 9.82. The number of rotatable bonds is 7. The zero-order valence-electron chi connectivity index (χ0n) is 25.4. The van der Waals surface area contributed by atoms with E-state index >= 15 is 0 Å². The molecule has 1 aromatic carbocycles. The number of allylic oxidation sites excluding steroid dienone is 1. The zero-order chi connectivity index (χ0) is 31.3. The molecule has 2 aliphatic rings. The molecule has 3 rings (SSSR count). The molecule has 0 bridgehead atoms. The fourth-order valence-corrected chi connectivity index (χ4v) is 4.79. The number of alkyl halides is 5. The summed E-state index contributed by atoms with van der Waals surface area (Å²) in [5, 5.41) is 0. The van der Waals surface area contributed by atoms with E-state index in [0.717, 1.165) is 24.5 Å². The van der Waals surface area contributed by atoms with E-state index in [2.05, 4.69) is 41.2 Å². The Hall–Kier alpha value is -2.77. The highest BCUT2D eigenvalue weighted by Gasteiger charge is 2.63. The van der Waals surface area contributed by atoms with Crippen molar-refractivity contribution in [1.29, 1.82) is 0 Å². The summed E-state index contributed by atoms with van der Waals surface area (Å²) >= 11 is 0. The summed E-state index contributed by atoms with van der Waals surface area (Å²) in [5.41, 5.74) is 1.52. The number of aryl methyl sites for hydroxylation is 1. The Labute approximate surface area is 237 Å². The summed E-state index contributed by atoms with van der Waals surface area (Å²) in [6.45, 7) is 25.3. The molecular weight excluding hydrogens is 521 g/mol. The van der Waals surface area contributed by atoms with Crippen molar-refractivity contribution >= 4 is 17.2 Å². The Morgan fingerprint density at radius 2 is 1.73 bits per heavy atom. The van der Waals surface area contributed by atoms with Gasteiger partial charge >= 0.3 is 6.18 Å². The third-order valence-corrected chi connectivity index (χ3v) is 8.12. The molecule has 0 radical (unpaired) electrons. The minimum atomic E-state index is -4.27. The predicted molar refractivity (Wildman–Crippen MR) is 159 cm³/mol. The van der Waals surface area contributed by atoms with Crippen LogP contribution < -0.4 is 0 Å². The second kappa shape index (κ2) is 13.3. The first-order valence-electron chi connectivity index (χ1n) is 13.4. The fourth-order valence-electron chi connectivity index (χ4n) is 4.79. The van der Waals surface area contributed by atoms with Crippen molar-refractivity contribution in [2.45, 2.75) is 73.4 Å². The standard InChI is InChI=1S/C27H36F5N3.C3H6.C2H4/c1-16-9-10-20(12-17(2)27(30,31)32)22(11-16)18(3)35-14-21-13-26(21,15-35)23(33-8)34-19(4)24(5,6)25(7,28)29;1-3-2;1-2/h9-11,17,21H,3,12-15H2,1-2,4-8H3;3H,1H2,2H3;1-2H2. The molecule has 3 atom stereocenters. The Bertz CT molecular complexity index is 1110. The monoisotopic (exact) mass is 567 g/mol. The van der Waals surface area contributed by atoms with E-state index in [1.165, 1.54) is 20.8 Å². The molecule has 1 saturated heterocycles. The Morgan fingerprint density at radius 1 is 1.18 bits per heavy atom. The fraction of sp³-hybridized carbons (Fsp3) is 0.562. The Balaban J connectivity index is 0.00000150. The highest BCUT2D eigenvalue weighted by atomic mass is 19.4. The van der Waals surface area contributed by atoms with E-state index in [0.29, 0.717) is 35.9 Å². The van der Waals surface area contributed by atoms with Gasteiger partial charge in [0.1, 0.15) is 5.84 Å². The van der Waals surface area contributed by atoms with Gasteiger partial charge in [-0.1, -0.05) is 37.3 Å². The number of hydrogen-bond acceptors (Lipinski definition) is 2. The summed E-state index contributed by atoms with van der Waals surface area (Å²) in [6.07, 6.45) is -1.78. The van der Waals surface area contributed by atoms with Crippen LogP contribution in [0.4, 0.5) is 22.0 Å². The maximum Gasteiger partial charge on any atom is 0.391 e. The van der Waals surface area contributed by atoms with Crippen LogP contribution in [0.3, 0.4) is 0 Å². The van der Waals surface area contributed by atoms with Gasteiger partial charge in [-0.25, -0.2) is 13.8 Å². The number of piperidine rings is 1. The average molecular weight is 568 g/mol. The third-order valence-electron chi connectivity index (χ3n) is 8.12. The molecular formula is C32H46F5N3. The number of halogens is 5. The molecule has 3 unspecified atom stereocenters. The normalized spacial score (nSPS) is 21.8. The molecule has 8 heteroatoms. The smallest absolute Gasteiger partial charge is 0.370 e. The van der Waals surface area contributed by atoms with E-state index < -0.39 is 23.4 Å². The van der Waals surface area contributed by atoms with Crippen LogP contribution in [-0.2, 0) is 6.42 Å². The van der Waals surface area contributed by atoms with Crippen molar-refractivity contribution in [1.82, 2.24) is 4.90 Å². The molecule has 224 valence electrons. The molecule has 0 aromatic heterocycles. The summed E-state index contributed by atoms with van der Waals surface area (Å²) in [7, 11) is 1.63. The van der Waals surface area contributed by atoms with Crippen LogP contribution in [0.15, 0.2) is 60.6 Å². The highest BCUT2D eigenvalue weighted by molar-refractivity contribution is 6.04. The van der Waals surface area contributed by atoms with Gasteiger partial charge in [0.15, 0.2) is 0 Å². The lowest BCUT2D eigenvalue weighted by Gasteiger charge is -2.32. The van der Waals surface area contributed by atoms with Crippen LogP contribution in [-0.4, -0.2) is 48.7 Å². The second-order valence-electron chi connectivity index (χ2n) is 11.4. The largest absolute Gasteiger partial charge is 0.391 e. The van der Waals surface area contributed by atoms with Crippen molar-refractivity contribution in [2.24, 2.45) is 32.7 Å². The zero-order valence-corrected chi connectivity index (χ0v) is 25.4. The number of likely N-dealkylation sites (tertiary alicyclic amines) is 1.